The lowest BCUT2D eigenvalue weighted by molar-refractivity contribution is 0.0263. The Morgan fingerprint density at radius 1 is 1.17 bits per heavy atom. The lowest BCUT2D eigenvalue weighted by Crippen LogP contribution is -2.46. The Hall–Kier alpha value is -1.87. The summed E-state index contributed by atoms with van der Waals surface area (Å²) in [5.41, 5.74) is 2.11. The molecule has 0 saturated carbocycles. The lowest BCUT2D eigenvalue weighted by atomic mass is 10.1. The van der Waals surface area contributed by atoms with E-state index in [0.29, 0.717) is 12.7 Å². The molecule has 0 amide bonds. The van der Waals surface area contributed by atoms with E-state index in [1.165, 1.54) is 5.56 Å². The predicted molar refractivity (Wildman–Crippen MR) is 127 cm³/mol. The van der Waals surface area contributed by atoms with Crippen LogP contribution >= 0.6 is 24.0 Å². The van der Waals surface area contributed by atoms with Crippen LogP contribution in [0.5, 0.6) is 5.75 Å². The molecule has 0 radical (unpaired) electrons. The van der Waals surface area contributed by atoms with Gasteiger partial charge in [0, 0.05) is 39.5 Å². The van der Waals surface area contributed by atoms with Crippen molar-refractivity contribution in [3.63, 3.8) is 0 Å². The number of ether oxygens (including phenoxy) is 2. The predicted octanol–water partition coefficient (Wildman–Crippen LogP) is 3.85. The van der Waals surface area contributed by atoms with E-state index in [1.807, 2.05) is 37.4 Å². The minimum Gasteiger partial charge on any atom is -0.487 e. The number of hydrogen-bond acceptors (Lipinski definition) is 4. The zero-order valence-corrected chi connectivity index (χ0v) is 19.5. The first-order chi connectivity index (χ1) is 13.8. The second kappa shape index (κ2) is 12.6. The molecule has 1 N–H and O–H groups in total. The average molecular weight is 510 g/mol. The maximum absolute atomic E-state index is 5.79. The largest absolute Gasteiger partial charge is 0.487 e. The van der Waals surface area contributed by atoms with Crippen LogP contribution in [0.4, 0.5) is 0 Å². The summed E-state index contributed by atoms with van der Waals surface area (Å²) in [6.45, 7) is 6.01. The van der Waals surface area contributed by atoms with Crippen LogP contribution in [0.2, 0.25) is 0 Å². The van der Waals surface area contributed by atoms with Crippen LogP contribution < -0.4 is 10.1 Å². The number of hydrogen-bond donors (Lipinski definition) is 1. The number of benzene rings is 1. The highest BCUT2D eigenvalue weighted by Crippen LogP contribution is 2.15. The van der Waals surface area contributed by atoms with Gasteiger partial charge < -0.3 is 19.7 Å². The van der Waals surface area contributed by atoms with Gasteiger partial charge in [-0.05, 0) is 49.6 Å². The summed E-state index contributed by atoms with van der Waals surface area (Å²) >= 11 is 0. The number of likely N-dealkylation sites (tertiary alicyclic amines) is 1. The number of guanidine groups is 1. The molecule has 0 spiro atoms. The Kier molecular flexibility index (Phi) is 10.2. The normalized spacial score (nSPS) is 15.0. The molecular formula is C22H31IN4O2. The number of piperidine rings is 1. The topological polar surface area (TPSA) is 59.0 Å². The zero-order valence-electron chi connectivity index (χ0n) is 17.2. The highest BCUT2D eigenvalue weighted by Gasteiger charge is 2.21. The van der Waals surface area contributed by atoms with E-state index >= 15 is 0 Å². The fourth-order valence-corrected chi connectivity index (χ4v) is 3.33. The Labute approximate surface area is 190 Å². The number of aliphatic imine (C=N–C) groups is 1. The molecule has 158 valence electrons. The Bertz CT molecular complexity index is 732. The smallest absolute Gasteiger partial charge is 0.193 e. The van der Waals surface area contributed by atoms with E-state index in [1.54, 1.807) is 6.20 Å². The third-order valence-electron chi connectivity index (χ3n) is 4.84. The second-order valence-corrected chi connectivity index (χ2v) is 6.80. The van der Waals surface area contributed by atoms with E-state index in [0.717, 1.165) is 56.5 Å². The number of pyridine rings is 1. The van der Waals surface area contributed by atoms with Gasteiger partial charge >= 0.3 is 0 Å². The third kappa shape index (κ3) is 7.47. The van der Waals surface area contributed by atoms with Crippen molar-refractivity contribution >= 4 is 29.9 Å². The summed E-state index contributed by atoms with van der Waals surface area (Å²) in [4.78, 5) is 11.0. The van der Waals surface area contributed by atoms with Gasteiger partial charge in [-0.3, -0.25) is 9.98 Å². The van der Waals surface area contributed by atoms with Crippen LogP contribution in [-0.4, -0.2) is 48.7 Å². The first kappa shape index (κ1) is 23.4. The van der Waals surface area contributed by atoms with Gasteiger partial charge in [0.2, 0.25) is 0 Å². The molecule has 3 rings (SSSR count). The fraction of sp³-hybridized carbons (Fsp3) is 0.455. The summed E-state index contributed by atoms with van der Waals surface area (Å²) < 4.78 is 11.5. The Morgan fingerprint density at radius 3 is 2.55 bits per heavy atom. The van der Waals surface area contributed by atoms with Crippen molar-refractivity contribution in [1.82, 2.24) is 15.2 Å². The zero-order chi connectivity index (χ0) is 19.6. The van der Waals surface area contributed by atoms with Gasteiger partial charge in [0.15, 0.2) is 5.96 Å². The molecule has 0 bridgehead atoms. The van der Waals surface area contributed by atoms with Crippen molar-refractivity contribution in [2.45, 2.75) is 39.0 Å². The highest BCUT2D eigenvalue weighted by atomic mass is 127. The summed E-state index contributed by atoms with van der Waals surface area (Å²) in [5.74, 6) is 1.79. The molecule has 2 aromatic rings. The van der Waals surface area contributed by atoms with Crippen LogP contribution in [0.25, 0.3) is 0 Å². The molecule has 2 heterocycles. The van der Waals surface area contributed by atoms with Gasteiger partial charge in [0.05, 0.1) is 11.8 Å². The molecule has 0 atom stereocenters. The lowest BCUT2D eigenvalue weighted by Gasteiger charge is -2.34. The molecule has 0 unspecified atom stereocenters. The maximum Gasteiger partial charge on any atom is 0.193 e. The van der Waals surface area contributed by atoms with Crippen LogP contribution in [0.3, 0.4) is 0 Å². The van der Waals surface area contributed by atoms with Crippen molar-refractivity contribution in [3.05, 3.63) is 59.9 Å². The molecule has 29 heavy (non-hydrogen) atoms. The van der Waals surface area contributed by atoms with Crippen molar-refractivity contribution in [2.75, 3.05) is 26.7 Å². The average Bonchev–Trinajstić information content (AvgIpc) is 2.75. The summed E-state index contributed by atoms with van der Waals surface area (Å²) in [6.07, 6.45) is 4.27. The van der Waals surface area contributed by atoms with Gasteiger partial charge in [0.1, 0.15) is 12.4 Å². The highest BCUT2D eigenvalue weighted by molar-refractivity contribution is 14.0. The molecule has 1 aliphatic heterocycles. The Morgan fingerprint density at radius 2 is 1.93 bits per heavy atom. The van der Waals surface area contributed by atoms with Gasteiger partial charge in [-0.25, -0.2) is 0 Å². The van der Waals surface area contributed by atoms with E-state index < -0.39 is 0 Å². The minimum atomic E-state index is 0. The van der Waals surface area contributed by atoms with Crippen molar-refractivity contribution < 1.29 is 9.47 Å². The SMILES string of the molecule is CCOC1CCN(C(=NC)NCc2ccc(OCc3ccccn3)cc2)CC1.I. The van der Waals surface area contributed by atoms with Gasteiger partial charge in [0.25, 0.3) is 0 Å². The first-order valence-corrected chi connectivity index (χ1v) is 9.97. The minimum absolute atomic E-state index is 0. The molecule has 1 saturated heterocycles. The van der Waals surface area contributed by atoms with E-state index in [9.17, 15) is 0 Å². The van der Waals surface area contributed by atoms with E-state index in [-0.39, 0.29) is 24.0 Å². The molecular weight excluding hydrogens is 479 g/mol. The Balaban J connectivity index is 0.00000300. The third-order valence-corrected chi connectivity index (χ3v) is 4.84. The van der Waals surface area contributed by atoms with Crippen LogP contribution in [0.1, 0.15) is 31.0 Å². The van der Waals surface area contributed by atoms with Gasteiger partial charge in [-0.1, -0.05) is 18.2 Å². The molecule has 0 aliphatic carbocycles. The van der Waals surface area contributed by atoms with E-state index in [2.05, 4.69) is 39.2 Å². The fourth-order valence-electron chi connectivity index (χ4n) is 3.33. The van der Waals surface area contributed by atoms with Crippen LogP contribution in [-0.2, 0) is 17.9 Å². The quantitative estimate of drug-likeness (QED) is 0.349. The van der Waals surface area contributed by atoms with Crippen LogP contribution in [0, 0.1) is 0 Å². The molecule has 6 nitrogen and oxygen atoms in total. The van der Waals surface area contributed by atoms with Gasteiger partial charge in [-0.15, -0.1) is 24.0 Å². The second-order valence-electron chi connectivity index (χ2n) is 6.80. The van der Waals surface area contributed by atoms with Crippen molar-refractivity contribution in [1.29, 1.82) is 0 Å². The first-order valence-electron chi connectivity index (χ1n) is 9.97. The monoisotopic (exact) mass is 510 g/mol. The molecule has 1 aromatic heterocycles. The van der Waals surface area contributed by atoms with Gasteiger partial charge in [-0.2, -0.15) is 0 Å². The molecule has 1 aromatic carbocycles. The van der Waals surface area contributed by atoms with Crippen LogP contribution in [0.15, 0.2) is 53.7 Å². The summed E-state index contributed by atoms with van der Waals surface area (Å²) in [7, 11) is 1.84. The maximum atomic E-state index is 5.79. The molecule has 7 heteroatoms. The van der Waals surface area contributed by atoms with Crippen molar-refractivity contribution in [2.24, 2.45) is 4.99 Å². The number of halogens is 1. The number of nitrogens with one attached hydrogen (secondary N) is 1. The number of aromatic nitrogens is 1. The molecule has 1 fully saturated rings. The number of rotatable bonds is 7. The molecule has 1 aliphatic rings. The summed E-state index contributed by atoms with van der Waals surface area (Å²) in [6, 6.07) is 14.0. The van der Waals surface area contributed by atoms with E-state index in [4.69, 9.17) is 9.47 Å². The standard InChI is InChI=1S/C22H30N4O2.HI/c1-3-27-21-11-14-26(15-12-21)22(23-2)25-16-18-7-9-20(10-8-18)28-17-19-6-4-5-13-24-19;/h4-10,13,21H,3,11-12,14-17H2,1-2H3,(H,23,25);1H. The van der Waals surface area contributed by atoms with Crippen molar-refractivity contribution in [3.8, 4) is 5.75 Å². The number of nitrogens with zero attached hydrogens (tertiary/aromatic N) is 3. The summed E-state index contributed by atoms with van der Waals surface area (Å²) in [5, 5.41) is 3.46.